The van der Waals surface area contributed by atoms with E-state index in [0.717, 1.165) is 17.5 Å². The molecule has 1 unspecified atom stereocenters. The van der Waals surface area contributed by atoms with Crippen molar-refractivity contribution in [1.82, 2.24) is 9.80 Å². The number of likely N-dealkylation sites (N-methyl/N-ethyl adjacent to an activating group) is 1. The second-order valence-corrected chi connectivity index (χ2v) is 5.97. The number of carbonyl (C=O) groups excluding carboxylic acids is 1. The lowest BCUT2D eigenvalue weighted by Crippen LogP contribution is -2.45. The standard InChI is InChI=1S/C17H24N2O5.ClH/c1-11(17(21)22)18(2)10-16(20)19-6-5-12-7-14(23-3)15(24-4)8-13(12)9-19;/h7-8,11H,5-6,9-10H2,1-4H3,(H,21,22);1H. The van der Waals surface area contributed by atoms with E-state index in [-0.39, 0.29) is 24.9 Å². The molecule has 0 bridgehead atoms. The van der Waals surface area contributed by atoms with Crippen molar-refractivity contribution in [3.8, 4) is 11.5 Å². The fraction of sp³-hybridized carbons (Fsp3) is 0.529. The molecule has 1 aromatic carbocycles. The van der Waals surface area contributed by atoms with Crippen LogP contribution in [0.1, 0.15) is 18.1 Å². The van der Waals surface area contributed by atoms with E-state index in [1.807, 2.05) is 12.1 Å². The summed E-state index contributed by atoms with van der Waals surface area (Å²) in [6, 6.07) is 3.15. The molecule has 0 saturated carbocycles. The Morgan fingerprint density at radius 1 is 1.24 bits per heavy atom. The van der Waals surface area contributed by atoms with E-state index in [2.05, 4.69) is 0 Å². The van der Waals surface area contributed by atoms with Gasteiger partial charge in [-0.2, -0.15) is 0 Å². The lowest BCUT2D eigenvalue weighted by molar-refractivity contribution is -0.143. The Kier molecular flexibility index (Phi) is 7.51. The van der Waals surface area contributed by atoms with Crippen molar-refractivity contribution >= 4 is 24.3 Å². The number of hydrogen-bond acceptors (Lipinski definition) is 5. The number of carboxylic acids is 1. The molecule has 1 heterocycles. The molecule has 25 heavy (non-hydrogen) atoms. The van der Waals surface area contributed by atoms with E-state index < -0.39 is 12.0 Å². The predicted octanol–water partition coefficient (Wildman–Crippen LogP) is 1.42. The molecular formula is C17H25ClN2O5. The van der Waals surface area contributed by atoms with E-state index in [1.165, 1.54) is 4.90 Å². The van der Waals surface area contributed by atoms with Crippen LogP contribution in [-0.4, -0.2) is 67.2 Å². The van der Waals surface area contributed by atoms with Gasteiger partial charge in [0.25, 0.3) is 0 Å². The zero-order valence-corrected chi connectivity index (χ0v) is 15.8. The number of rotatable bonds is 6. The van der Waals surface area contributed by atoms with Crippen molar-refractivity contribution in [2.45, 2.75) is 25.9 Å². The number of nitrogens with zero attached hydrogens (tertiary/aromatic N) is 2. The van der Waals surface area contributed by atoms with Crippen LogP contribution in [0.5, 0.6) is 11.5 Å². The molecule has 0 saturated heterocycles. The van der Waals surface area contributed by atoms with E-state index in [1.54, 1.807) is 33.1 Å². The summed E-state index contributed by atoms with van der Waals surface area (Å²) in [4.78, 5) is 26.7. The molecule has 0 aromatic heterocycles. The van der Waals surface area contributed by atoms with Gasteiger partial charge in [-0.1, -0.05) is 0 Å². The molecule has 0 fully saturated rings. The van der Waals surface area contributed by atoms with Gasteiger partial charge >= 0.3 is 5.97 Å². The summed E-state index contributed by atoms with van der Waals surface area (Å²) in [6.07, 6.45) is 0.736. The second kappa shape index (κ2) is 8.92. The Bertz CT molecular complexity index is 638. The predicted molar refractivity (Wildman–Crippen MR) is 95.6 cm³/mol. The molecule has 1 aliphatic rings. The second-order valence-electron chi connectivity index (χ2n) is 5.97. The van der Waals surface area contributed by atoms with E-state index >= 15 is 0 Å². The highest BCUT2D eigenvalue weighted by molar-refractivity contribution is 5.85. The van der Waals surface area contributed by atoms with Crippen molar-refractivity contribution in [3.63, 3.8) is 0 Å². The molecule has 1 aliphatic heterocycles. The molecule has 1 aromatic rings. The highest BCUT2D eigenvalue weighted by Gasteiger charge is 2.25. The Balaban J connectivity index is 0.00000312. The number of amides is 1. The maximum Gasteiger partial charge on any atom is 0.320 e. The number of ether oxygens (including phenoxy) is 2. The van der Waals surface area contributed by atoms with Crippen LogP contribution in [0.3, 0.4) is 0 Å². The summed E-state index contributed by atoms with van der Waals surface area (Å²) in [7, 11) is 4.82. The topological polar surface area (TPSA) is 79.3 Å². The van der Waals surface area contributed by atoms with Gasteiger partial charge in [-0.25, -0.2) is 0 Å². The average Bonchev–Trinajstić information content (AvgIpc) is 2.58. The lowest BCUT2D eigenvalue weighted by atomic mass is 9.98. The number of carbonyl (C=O) groups is 2. The summed E-state index contributed by atoms with van der Waals surface area (Å²) >= 11 is 0. The van der Waals surface area contributed by atoms with Gasteiger partial charge in [0.05, 0.1) is 20.8 Å². The minimum absolute atomic E-state index is 0. The molecule has 0 radical (unpaired) electrons. The van der Waals surface area contributed by atoms with Crippen molar-refractivity contribution < 1.29 is 24.2 Å². The smallest absolute Gasteiger partial charge is 0.320 e. The minimum atomic E-state index is -0.939. The van der Waals surface area contributed by atoms with Crippen LogP contribution < -0.4 is 9.47 Å². The van der Waals surface area contributed by atoms with Crippen LogP contribution in [0, 0.1) is 0 Å². The van der Waals surface area contributed by atoms with Gasteiger partial charge in [0.15, 0.2) is 11.5 Å². The summed E-state index contributed by atoms with van der Waals surface area (Å²) < 4.78 is 10.6. The fourth-order valence-electron chi connectivity index (χ4n) is 2.73. The third kappa shape index (κ3) is 4.76. The molecule has 8 heteroatoms. The quantitative estimate of drug-likeness (QED) is 0.813. The Morgan fingerprint density at radius 2 is 1.80 bits per heavy atom. The van der Waals surface area contributed by atoms with Crippen molar-refractivity contribution in [3.05, 3.63) is 23.3 Å². The highest BCUT2D eigenvalue weighted by Crippen LogP contribution is 2.33. The number of hydrogen-bond donors (Lipinski definition) is 1. The first-order valence-corrected chi connectivity index (χ1v) is 7.82. The fourth-order valence-corrected chi connectivity index (χ4v) is 2.73. The van der Waals surface area contributed by atoms with Crippen LogP contribution in [-0.2, 0) is 22.6 Å². The molecule has 1 N–H and O–H groups in total. The molecule has 140 valence electrons. The maximum atomic E-state index is 12.5. The van der Waals surface area contributed by atoms with Gasteiger partial charge in [-0.05, 0) is 43.7 Å². The van der Waals surface area contributed by atoms with Crippen LogP contribution >= 0.6 is 12.4 Å². The number of aliphatic carboxylic acids is 1. The Hall–Kier alpha value is -1.99. The van der Waals surface area contributed by atoms with Crippen LogP contribution in [0.15, 0.2) is 12.1 Å². The van der Waals surface area contributed by atoms with E-state index in [0.29, 0.717) is 24.6 Å². The van der Waals surface area contributed by atoms with Gasteiger partial charge in [-0.3, -0.25) is 14.5 Å². The molecule has 2 rings (SSSR count). The molecule has 0 spiro atoms. The molecule has 7 nitrogen and oxygen atoms in total. The zero-order chi connectivity index (χ0) is 17.9. The van der Waals surface area contributed by atoms with E-state index in [9.17, 15) is 9.59 Å². The summed E-state index contributed by atoms with van der Waals surface area (Å²) in [5, 5.41) is 9.02. The molecule has 0 aliphatic carbocycles. The Morgan fingerprint density at radius 3 is 2.32 bits per heavy atom. The summed E-state index contributed by atoms with van der Waals surface area (Å²) in [6.45, 7) is 2.74. The van der Waals surface area contributed by atoms with Gasteiger partial charge in [0, 0.05) is 13.1 Å². The van der Waals surface area contributed by atoms with Gasteiger partial charge in [0.2, 0.25) is 5.91 Å². The number of fused-ring (bicyclic) bond motifs is 1. The van der Waals surface area contributed by atoms with Crippen LogP contribution in [0.25, 0.3) is 0 Å². The number of methoxy groups -OCH3 is 2. The normalized spacial score (nSPS) is 14.4. The van der Waals surface area contributed by atoms with Gasteiger partial charge in [0.1, 0.15) is 6.04 Å². The van der Waals surface area contributed by atoms with Crippen molar-refractivity contribution in [1.29, 1.82) is 0 Å². The zero-order valence-electron chi connectivity index (χ0n) is 14.9. The van der Waals surface area contributed by atoms with E-state index in [4.69, 9.17) is 14.6 Å². The number of carboxylic acid groups (broad SMARTS) is 1. The van der Waals surface area contributed by atoms with Gasteiger partial charge < -0.3 is 19.5 Å². The maximum absolute atomic E-state index is 12.5. The van der Waals surface area contributed by atoms with Crippen LogP contribution in [0.4, 0.5) is 0 Å². The monoisotopic (exact) mass is 372 g/mol. The average molecular weight is 373 g/mol. The summed E-state index contributed by atoms with van der Waals surface area (Å²) in [5.41, 5.74) is 2.17. The minimum Gasteiger partial charge on any atom is -0.493 e. The lowest BCUT2D eigenvalue weighted by Gasteiger charge is -2.31. The first-order valence-electron chi connectivity index (χ1n) is 7.82. The van der Waals surface area contributed by atoms with Crippen molar-refractivity contribution in [2.75, 3.05) is 34.4 Å². The number of benzene rings is 1. The summed E-state index contributed by atoms with van der Waals surface area (Å²) in [5.74, 6) is 0.311. The van der Waals surface area contributed by atoms with Crippen LogP contribution in [0.2, 0.25) is 0 Å². The molecule has 1 atom stereocenters. The highest BCUT2D eigenvalue weighted by atomic mass is 35.5. The number of halogens is 1. The first kappa shape index (κ1) is 21.1. The molecular weight excluding hydrogens is 348 g/mol. The third-order valence-corrected chi connectivity index (χ3v) is 4.47. The third-order valence-electron chi connectivity index (χ3n) is 4.47. The SMILES string of the molecule is COc1cc2c(cc1OC)CN(C(=O)CN(C)C(C)C(=O)O)CC2.Cl. The van der Waals surface area contributed by atoms with Gasteiger partial charge in [-0.15, -0.1) is 12.4 Å². The van der Waals surface area contributed by atoms with Crippen molar-refractivity contribution in [2.24, 2.45) is 0 Å². The Labute approximate surface area is 153 Å². The largest absolute Gasteiger partial charge is 0.493 e. The first-order chi connectivity index (χ1) is 11.4. The molecule has 1 amide bonds.